The minimum absolute atomic E-state index is 0.179. The Labute approximate surface area is 88.4 Å². The molecule has 0 bridgehead atoms. The van der Waals surface area contributed by atoms with Crippen LogP contribution in [0.15, 0.2) is 18.2 Å². The highest BCUT2D eigenvalue weighted by Crippen LogP contribution is 2.27. The van der Waals surface area contributed by atoms with Crippen molar-refractivity contribution in [1.29, 1.82) is 0 Å². The van der Waals surface area contributed by atoms with E-state index in [4.69, 9.17) is 9.47 Å². The standard InChI is InChI=1S/C11H15FO3/c1-3-9(13)7-15-10-5-4-8(12)6-11(10)14-2/h4-6,9,13H,3,7H2,1-2H3. The van der Waals surface area contributed by atoms with Crippen LogP contribution in [-0.2, 0) is 0 Å². The molecule has 1 N–H and O–H groups in total. The van der Waals surface area contributed by atoms with Gasteiger partial charge in [0.25, 0.3) is 0 Å². The van der Waals surface area contributed by atoms with Gasteiger partial charge in [0.05, 0.1) is 13.2 Å². The van der Waals surface area contributed by atoms with Crippen LogP contribution < -0.4 is 9.47 Å². The minimum atomic E-state index is -0.514. The van der Waals surface area contributed by atoms with Crippen molar-refractivity contribution in [2.45, 2.75) is 19.4 Å². The van der Waals surface area contributed by atoms with Gasteiger partial charge >= 0.3 is 0 Å². The quantitative estimate of drug-likeness (QED) is 0.814. The molecular weight excluding hydrogens is 199 g/mol. The molecule has 0 aromatic heterocycles. The van der Waals surface area contributed by atoms with Crippen LogP contribution in [0.3, 0.4) is 0 Å². The van der Waals surface area contributed by atoms with Crippen LogP contribution in [0.4, 0.5) is 4.39 Å². The van der Waals surface area contributed by atoms with Gasteiger partial charge in [0.15, 0.2) is 11.5 Å². The monoisotopic (exact) mass is 214 g/mol. The Balaban J connectivity index is 2.67. The first-order valence-corrected chi connectivity index (χ1v) is 4.81. The van der Waals surface area contributed by atoms with E-state index >= 15 is 0 Å². The Morgan fingerprint density at radius 1 is 1.40 bits per heavy atom. The van der Waals surface area contributed by atoms with Gasteiger partial charge in [-0.15, -0.1) is 0 Å². The van der Waals surface area contributed by atoms with Gasteiger partial charge in [0, 0.05) is 6.07 Å². The smallest absolute Gasteiger partial charge is 0.163 e. The van der Waals surface area contributed by atoms with Gasteiger partial charge in [-0.05, 0) is 18.6 Å². The SMILES string of the molecule is CCC(O)COc1ccc(F)cc1OC. The molecule has 1 rings (SSSR count). The van der Waals surface area contributed by atoms with E-state index in [9.17, 15) is 9.50 Å². The summed E-state index contributed by atoms with van der Waals surface area (Å²) >= 11 is 0. The Morgan fingerprint density at radius 3 is 2.73 bits per heavy atom. The van der Waals surface area contributed by atoms with Crippen molar-refractivity contribution in [2.75, 3.05) is 13.7 Å². The summed E-state index contributed by atoms with van der Waals surface area (Å²) in [5.41, 5.74) is 0. The highest BCUT2D eigenvalue weighted by atomic mass is 19.1. The third kappa shape index (κ3) is 3.40. The molecule has 0 saturated heterocycles. The molecule has 0 fully saturated rings. The number of halogens is 1. The minimum Gasteiger partial charge on any atom is -0.493 e. The van der Waals surface area contributed by atoms with Crippen LogP contribution in [0.5, 0.6) is 11.5 Å². The highest BCUT2D eigenvalue weighted by Gasteiger charge is 2.07. The normalized spacial score (nSPS) is 12.3. The number of hydrogen-bond donors (Lipinski definition) is 1. The Bertz CT molecular complexity index is 315. The molecule has 0 heterocycles. The van der Waals surface area contributed by atoms with Crippen LogP contribution >= 0.6 is 0 Å². The van der Waals surface area contributed by atoms with Gasteiger partial charge in [0.1, 0.15) is 12.4 Å². The van der Waals surface area contributed by atoms with Crippen molar-refractivity contribution < 1.29 is 19.0 Å². The van der Waals surface area contributed by atoms with Crippen molar-refractivity contribution in [3.05, 3.63) is 24.0 Å². The summed E-state index contributed by atoms with van der Waals surface area (Å²) in [6.07, 6.45) is 0.100. The number of hydrogen-bond acceptors (Lipinski definition) is 3. The molecule has 0 saturated carbocycles. The van der Waals surface area contributed by atoms with E-state index in [2.05, 4.69) is 0 Å². The summed E-state index contributed by atoms with van der Waals surface area (Å²) in [6.45, 7) is 2.04. The zero-order chi connectivity index (χ0) is 11.3. The number of ether oxygens (including phenoxy) is 2. The maximum atomic E-state index is 12.8. The van der Waals surface area contributed by atoms with E-state index in [0.717, 1.165) is 0 Å². The summed E-state index contributed by atoms with van der Waals surface area (Å²) in [4.78, 5) is 0. The highest BCUT2D eigenvalue weighted by molar-refractivity contribution is 5.39. The largest absolute Gasteiger partial charge is 0.493 e. The fourth-order valence-electron chi connectivity index (χ4n) is 1.06. The molecule has 0 aliphatic rings. The van der Waals surface area contributed by atoms with E-state index in [1.807, 2.05) is 6.92 Å². The second-order valence-corrected chi connectivity index (χ2v) is 3.17. The van der Waals surface area contributed by atoms with Gasteiger partial charge in [-0.25, -0.2) is 4.39 Å². The van der Waals surface area contributed by atoms with Crippen molar-refractivity contribution in [3.8, 4) is 11.5 Å². The lowest BCUT2D eigenvalue weighted by atomic mass is 10.3. The lowest BCUT2D eigenvalue weighted by molar-refractivity contribution is 0.102. The predicted molar refractivity (Wildman–Crippen MR) is 54.7 cm³/mol. The number of aliphatic hydroxyl groups excluding tert-OH is 1. The molecule has 0 radical (unpaired) electrons. The summed E-state index contributed by atoms with van der Waals surface area (Å²) < 4.78 is 23.1. The molecule has 0 amide bonds. The maximum Gasteiger partial charge on any atom is 0.163 e. The number of benzene rings is 1. The number of rotatable bonds is 5. The van der Waals surface area contributed by atoms with Crippen LogP contribution in [0, 0.1) is 5.82 Å². The maximum absolute atomic E-state index is 12.8. The number of aliphatic hydroxyl groups is 1. The summed E-state index contributed by atoms with van der Waals surface area (Å²) in [7, 11) is 1.44. The zero-order valence-electron chi connectivity index (χ0n) is 8.87. The topological polar surface area (TPSA) is 38.7 Å². The van der Waals surface area contributed by atoms with Gasteiger partial charge in [-0.3, -0.25) is 0 Å². The van der Waals surface area contributed by atoms with Crippen LogP contribution in [0.2, 0.25) is 0 Å². The molecule has 0 spiro atoms. The molecule has 1 unspecified atom stereocenters. The van der Waals surface area contributed by atoms with Crippen LogP contribution in [-0.4, -0.2) is 24.9 Å². The van der Waals surface area contributed by atoms with Gasteiger partial charge in [0.2, 0.25) is 0 Å². The van der Waals surface area contributed by atoms with E-state index in [-0.39, 0.29) is 12.4 Å². The van der Waals surface area contributed by atoms with Crippen molar-refractivity contribution in [2.24, 2.45) is 0 Å². The first-order valence-electron chi connectivity index (χ1n) is 4.81. The lowest BCUT2D eigenvalue weighted by Crippen LogP contribution is -2.16. The molecule has 1 atom stereocenters. The predicted octanol–water partition coefficient (Wildman–Crippen LogP) is 1.98. The summed E-state index contributed by atoms with van der Waals surface area (Å²) in [5, 5.41) is 9.30. The van der Waals surface area contributed by atoms with Gasteiger partial charge in [-0.2, -0.15) is 0 Å². The Morgan fingerprint density at radius 2 is 2.13 bits per heavy atom. The second kappa shape index (κ2) is 5.56. The molecule has 84 valence electrons. The Kier molecular flexibility index (Phi) is 4.37. The Hall–Kier alpha value is -1.29. The van der Waals surface area contributed by atoms with E-state index in [1.54, 1.807) is 0 Å². The van der Waals surface area contributed by atoms with Crippen LogP contribution in [0.1, 0.15) is 13.3 Å². The average Bonchev–Trinajstić information content (AvgIpc) is 2.26. The zero-order valence-corrected chi connectivity index (χ0v) is 8.87. The molecule has 0 aliphatic carbocycles. The van der Waals surface area contributed by atoms with Gasteiger partial charge in [-0.1, -0.05) is 6.92 Å². The van der Waals surface area contributed by atoms with E-state index in [1.165, 1.54) is 25.3 Å². The third-order valence-electron chi connectivity index (χ3n) is 2.03. The van der Waals surface area contributed by atoms with E-state index in [0.29, 0.717) is 17.9 Å². The summed E-state index contributed by atoms with van der Waals surface area (Å²) in [6, 6.07) is 4.01. The van der Waals surface area contributed by atoms with Crippen molar-refractivity contribution >= 4 is 0 Å². The molecule has 3 nitrogen and oxygen atoms in total. The lowest BCUT2D eigenvalue weighted by Gasteiger charge is -2.12. The second-order valence-electron chi connectivity index (χ2n) is 3.17. The molecule has 1 aromatic rings. The fourth-order valence-corrected chi connectivity index (χ4v) is 1.06. The van der Waals surface area contributed by atoms with Crippen molar-refractivity contribution in [3.63, 3.8) is 0 Å². The van der Waals surface area contributed by atoms with Crippen LogP contribution in [0.25, 0.3) is 0 Å². The molecular formula is C11H15FO3. The molecule has 1 aromatic carbocycles. The molecule has 4 heteroatoms. The first-order chi connectivity index (χ1) is 7.17. The fraction of sp³-hybridized carbons (Fsp3) is 0.455. The molecule has 15 heavy (non-hydrogen) atoms. The van der Waals surface area contributed by atoms with E-state index < -0.39 is 6.10 Å². The average molecular weight is 214 g/mol. The summed E-state index contributed by atoms with van der Waals surface area (Å²) in [5.74, 6) is 0.389. The number of methoxy groups -OCH3 is 1. The first kappa shape index (κ1) is 11.8. The van der Waals surface area contributed by atoms with Gasteiger partial charge < -0.3 is 14.6 Å². The molecule has 0 aliphatic heterocycles. The van der Waals surface area contributed by atoms with Crippen molar-refractivity contribution in [1.82, 2.24) is 0 Å². The third-order valence-corrected chi connectivity index (χ3v) is 2.03.